The molecule has 0 aromatic heterocycles. The number of anilines is 1. The third-order valence-electron chi connectivity index (χ3n) is 5.38. The van der Waals surface area contributed by atoms with Crippen LogP contribution in [0.2, 0.25) is 0 Å². The molecule has 2 aromatic carbocycles. The number of hydrogen-bond acceptors (Lipinski definition) is 5. The van der Waals surface area contributed by atoms with Crippen LogP contribution in [0.15, 0.2) is 47.4 Å². The highest BCUT2D eigenvalue weighted by atomic mass is 32.2. The van der Waals surface area contributed by atoms with E-state index >= 15 is 0 Å². The van der Waals surface area contributed by atoms with Crippen molar-refractivity contribution in [2.75, 3.05) is 32.6 Å². The van der Waals surface area contributed by atoms with E-state index < -0.39 is 15.9 Å². The van der Waals surface area contributed by atoms with Crippen molar-refractivity contribution in [1.82, 2.24) is 4.31 Å². The highest BCUT2D eigenvalue weighted by molar-refractivity contribution is 7.89. The fourth-order valence-corrected chi connectivity index (χ4v) is 5.11. The van der Waals surface area contributed by atoms with Crippen LogP contribution < -0.4 is 14.8 Å². The number of methoxy groups -OCH3 is 2. The van der Waals surface area contributed by atoms with Gasteiger partial charge in [0.2, 0.25) is 15.9 Å². The molecule has 1 amide bonds. The van der Waals surface area contributed by atoms with Crippen molar-refractivity contribution in [1.29, 1.82) is 0 Å². The van der Waals surface area contributed by atoms with Crippen molar-refractivity contribution in [3.8, 4) is 11.5 Å². The second-order valence-electron chi connectivity index (χ2n) is 7.26. The molecule has 0 unspecified atom stereocenters. The van der Waals surface area contributed by atoms with Gasteiger partial charge in [-0.25, -0.2) is 8.42 Å². The van der Waals surface area contributed by atoms with Gasteiger partial charge in [0.25, 0.3) is 0 Å². The molecule has 0 saturated carbocycles. The van der Waals surface area contributed by atoms with Gasteiger partial charge in [-0.2, -0.15) is 4.31 Å². The van der Waals surface area contributed by atoms with Gasteiger partial charge in [0.15, 0.2) is 11.5 Å². The zero-order chi connectivity index (χ0) is 21.7. The van der Waals surface area contributed by atoms with Crippen LogP contribution in [0.4, 0.5) is 5.69 Å². The average molecular weight is 433 g/mol. The van der Waals surface area contributed by atoms with Crippen LogP contribution in [0.5, 0.6) is 11.5 Å². The Morgan fingerprint density at radius 2 is 1.80 bits per heavy atom. The summed E-state index contributed by atoms with van der Waals surface area (Å²) in [7, 11) is -0.794. The summed E-state index contributed by atoms with van der Waals surface area (Å²) in [6.45, 7) is 2.60. The number of nitrogens with zero attached hydrogens (tertiary/aromatic N) is 1. The maximum Gasteiger partial charge on any atom is 0.243 e. The highest BCUT2D eigenvalue weighted by Crippen LogP contribution is 2.32. The lowest BCUT2D eigenvalue weighted by Gasteiger charge is -2.31. The fraction of sp³-hybridized carbons (Fsp3) is 0.409. The smallest absolute Gasteiger partial charge is 0.243 e. The van der Waals surface area contributed by atoms with Gasteiger partial charge >= 0.3 is 0 Å². The molecule has 162 valence electrons. The summed E-state index contributed by atoms with van der Waals surface area (Å²) in [5.41, 5.74) is 1.91. The van der Waals surface area contributed by atoms with Gasteiger partial charge in [-0.05, 0) is 49.1 Å². The predicted molar refractivity (Wildman–Crippen MR) is 115 cm³/mol. The third-order valence-corrected chi connectivity index (χ3v) is 7.24. The molecule has 1 saturated heterocycles. The summed E-state index contributed by atoms with van der Waals surface area (Å²) in [4.78, 5) is 12.9. The molecule has 1 N–H and O–H groups in total. The second-order valence-corrected chi connectivity index (χ2v) is 9.20. The Bertz CT molecular complexity index is 989. The van der Waals surface area contributed by atoms with Gasteiger partial charge < -0.3 is 14.8 Å². The summed E-state index contributed by atoms with van der Waals surface area (Å²) in [5.74, 6) is 0.243. The molecule has 1 aliphatic rings. The Labute approximate surface area is 178 Å². The number of nitrogens with one attached hydrogen (secondary N) is 1. The molecule has 1 fully saturated rings. The van der Waals surface area contributed by atoms with Gasteiger partial charge in [-0.15, -0.1) is 0 Å². The van der Waals surface area contributed by atoms with Crippen molar-refractivity contribution in [3.63, 3.8) is 0 Å². The Hall–Kier alpha value is -2.58. The van der Waals surface area contributed by atoms with E-state index in [1.165, 1.54) is 36.2 Å². The predicted octanol–water partition coefficient (Wildman–Crippen LogP) is 3.31. The lowest BCUT2D eigenvalue weighted by atomic mass is 9.98. The van der Waals surface area contributed by atoms with E-state index in [1.54, 1.807) is 6.07 Å². The number of rotatable bonds is 7. The van der Waals surface area contributed by atoms with Crippen molar-refractivity contribution < 1.29 is 22.7 Å². The van der Waals surface area contributed by atoms with Crippen molar-refractivity contribution in [3.05, 3.63) is 48.0 Å². The molecule has 2 aromatic rings. The van der Waals surface area contributed by atoms with Crippen LogP contribution in [0.3, 0.4) is 0 Å². The molecular weight excluding hydrogens is 404 g/mol. The number of carbonyl (C=O) groups excluding carboxylic acids is 1. The molecule has 1 heterocycles. The number of sulfonamides is 1. The number of benzene rings is 2. The van der Waals surface area contributed by atoms with Gasteiger partial charge in [0, 0.05) is 24.8 Å². The van der Waals surface area contributed by atoms with Crippen molar-refractivity contribution in [2.45, 2.75) is 31.1 Å². The quantitative estimate of drug-likeness (QED) is 0.726. The number of piperidine rings is 1. The van der Waals surface area contributed by atoms with Gasteiger partial charge in [-0.1, -0.05) is 19.1 Å². The SMILES string of the molecule is CCc1ccc(NC(=O)[C@@H]2CCCN(S(=O)(=O)c3ccc(OC)c(OC)c3)C2)cc1. The summed E-state index contributed by atoms with van der Waals surface area (Å²) < 4.78 is 38.1. The first-order valence-corrected chi connectivity index (χ1v) is 11.4. The lowest BCUT2D eigenvalue weighted by molar-refractivity contribution is -0.120. The lowest BCUT2D eigenvalue weighted by Crippen LogP contribution is -2.43. The largest absolute Gasteiger partial charge is 0.493 e. The molecule has 0 spiro atoms. The molecule has 8 heteroatoms. The maximum atomic E-state index is 13.1. The molecule has 0 aliphatic carbocycles. The van der Waals surface area contributed by atoms with E-state index in [1.807, 2.05) is 24.3 Å². The van der Waals surface area contributed by atoms with Crippen LogP contribution in [-0.2, 0) is 21.2 Å². The first-order chi connectivity index (χ1) is 14.4. The Morgan fingerprint density at radius 1 is 1.10 bits per heavy atom. The minimum atomic E-state index is -3.75. The summed E-state index contributed by atoms with van der Waals surface area (Å²) in [6, 6.07) is 12.2. The van der Waals surface area contributed by atoms with Crippen LogP contribution >= 0.6 is 0 Å². The van der Waals surface area contributed by atoms with Crippen LogP contribution in [0.1, 0.15) is 25.3 Å². The molecule has 30 heavy (non-hydrogen) atoms. The molecule has 3 rings (SSSR count). The summed E-state index contributed by atoms with van der Waals surface area (Å²) in [5, 5.41) is 2.91. The number of carbonyl (C=O) groups is 1. The van der Waals surface area contributed by atoms with Crippen molar-refractivity contribution in [2.24, 2.45) is 5.92 Å². The normalized spacial score (nSPS) is 17.4. The molecule has 1 atom stereocenters. The number of hydrogen-bond donors (Lipinski definition) is 1. The second kappa shape index (κ2) is 9.49. The summed E-state index contributed by atoms with van der Waals surface area (Å²) in [6.07, 6.45) is 2.20. The highest BCUT2D eigenvalue weighted by Gasteiger charge is 2.33. The van der Waals surface area contributed by atoms with E-state index in [4.69, 9.17) is 9.47 Å². The van der Waals surface area contributed by atoms with E-state index in [-0.39, 0.29) is 17.3 Å². The molecular formula is C22H28N2O5S. The number of amides is 1. The van der Waals surface area contributed by atoms with E-state index in [9.17, 15) is 13.2 Å². The fourth-order valence-electron chi connectivity index (χ4n) is 3.57. The minimum absolute atomic E-state index is 0.122. The first kappa shape index (κ1) is 22.1. The Balaban J connectivity index is 1.73. The van der Waals surface area contributed by atoms with Crippen LogP contribution in [-0.4, -0.2) is 45.9 Å². The van der Waals surface area contributed by atoms with E-state index in [2.05, 4.69) is 12.2 Å². The summed E-state index contributed by atoms with van der Waals surface area (Å²) >= 11 is 0. The van der Waals surface area contributed by atoms with Crippen LogP contribution in [0, 0.1) is 5.92 Å². The topological polar surface area (TPSA) is 84.9 Å². The Morgan fingerprint density at radius 3 is 2.43 bits per heavy atom. The molecule has 7 nitrogen and oxygen atoms in total. The number of aryl methyl sites for hydroxylation is 1. The third kappa shape index (κ3) is 4.76. The molecule has 0 radical (unpaired) electrons. The van der Waals surface area contributed by atoms with E-state index in [0.717, 1.165) is 12.1 Å². The molecule has 1 aliphatic heterocycles. The minimum Gasteiger partial charge on any atom is -0.493 e. The first-order valence-electron chi connectivity index (χ1n) is 10.0. The van der Waals surface area contributed by atoms with Gasteiger partial charge in [-0.3, -0.25) is 4.79 Å². The van der Waals surface area contributed by atoms with Crippen molar-refractivity contribution >= 4 is 21.6 Å². The monoisotopic (exact) mass is 432 g/mol. The Kier molecular flexibility index (Phi) is 6.99. The zero-order valence-electron chi connectivity index (χ0n) is 17.6. The zero-order valence-corrected chi connectivity index (χ0v) is 18.4. The molecule has 0 bridgehead atoms. The maximum absolute atomic E-state index is 13.1. The van der Waals surface area contributed by atoms with Gasteiger partial charge in [0.1, 0.15) is 0 Å². The van der Waals surface area contributed by atoms with E-state index in [0.29, 0.717) is 30.9 Å². The van der Waals surface area contributed by atoms with Gasteiger partial charge in [0.05, 0.1) is 25.0 Å². The standard InChI is InChI=1S/C22H28N2O5S/c1-4-16-7-9-18(10-8-16)23-22(25)17-6-5-13-24(15-17)30(26,27)19-11-12-20(28-2)21(14-19)29-3/h7-12,14,17H,4-6,13,15H2,1-3H3,(H,23,25)/t17-/m1/s1. The van der Waals surface area contributed by atoms with Crippen LogP contribution in [0.25, 0.3) is 0 Å². The number of ether oxygens (including phenoxy) is 2. The average Bonchev–Trinajstić information content (AvgIpc) is 2.79.